The van der Waals surface area contributed by atoms with E-state index in [0.29, 0.717) is 82.8 Å². The van der Waals surface area contributed by atoms with Gasteiger partial charge in [0.25, 0.3) is 0 Å². The number of hydrogen-bond acceptors (Lipinski definition) is 21. The Bertz CT molecular complexity index is 2270. The first kappa shape index (κ1) is 88.9. The number of nitrogens with zero attached hydrogens (tertiary/aromatic N) is 2. The fourth-order valence-electron chi connectivity index (χ4n) is 5.47. The van der Waals surface area contributed by atoms with Crippen molar-refractivity contribution in [3.8, 4) is 0 Å². The van der Waals surface area contributed by atoms with Gasteiger partial charge in [-0.1, -0.05) is 52.3 Å². The fourth-order valence-corrected chi connectivity index (χ4v) is 5.47. The van der Waals surface area contributed by atoms with E-state index in [-0.39, 0.29) is 31.2 Å². The Hall–Kier alpha value is -8.36. The monoisotopic (exact) mass is 1240 g/mol. The normalized spacial score (nSPS) is 12.8. The van der Waals surface area contributed by atoms with Crippen molar-refractivity contribution in [3.63, 3.8) is 0 Å². The van der Waals surface area contributed by atoms with Gasteiger partial charge in [0.15, 0.2) is 11.9 Å². The third-order valence-corrected chi connectivity index (χ3v) is 10.1. The Balaban J connectivity index is -0.000000214. The largest absolute Gasteiger partial charge is 0.481 e. The molecule has 86 heavy (non-hydrogen) atoms. The standard InChI is InChI=1S/C11H12N2O2.2C6H14N4O2.C6H14N2O2.2C6H13NO2.C5H9NO4.C4H8N2O3/c12-9(11(14)15)5-7-6-13-10-4-2-1-3-8(7)10;2*7-4(5(11)12)2-1-3-10-6(8)9;7-4-2-1-3-5(8)6(9)10;2*1-4(2)3-5(7)6(8)9;6-3(5(9)10)1-2-4(7)8;5-2(4(8)9)1-3(6)7/h1-4,6,9,13H,5,12H2,(H,14,15);2*4H,1-3,7H2,(H,11,12)(H4,8,9,10);5H,1-4,7-8H2,(H,9,10);2*4-5H,3,7H2,1-2H3,(H,8,9);3H,1-2,6H2,(H,7,8)(H,9,10);2H,1,5H2,(H2,6,7)(H,8,9). The Morgan fingerprint density at radius 1 is 0.453 bits per heavy atom. The molecule has 36 nitrogen and oxygen atoms in total. The van der Waals surface area contributed by atoms with E-state index in [2.05, 4.69) is 20.7 Å². The van der Waals surface area contributed by atoms with Gasteiger partial charge in [0.1, 0.15) is 48.3 Å². The molecule has 2 aromatic rings. The van der Waals surface area contributed by atoms with E-state index in [1.807, 2.05) is 58.2 Å². The van der Waals surface area contributed by atoms with Crippen molar-refractivity contribution in [2.45, 2.75) is 160 Å². The molecule has 1 aromatic heterocycles. The fraction of sp³-hybridized carbons (Fsp3) is 0.600. The number of carbonyl (C=O) groups excluding carboxylic acids is 1. The van der Waals surface area contributed by atoms with Crippen molar-refractivity contribution in [2.75, 3.05) is 19.6 Å². The van der Waals surface area contributed by atoms with Gasteiger partial charge >= 0.3 is 53.7 Å². The minimum Gasteiger partial charge on any atom is -0.481 e. The van der Waals surface area contributed by atoms with Crippen molar-refractivity contribution >= 4 is 82.5 Å². The number of benzene rings is 1. The number of unbranched alkanes of at least 4 members (excludes halogenated alkanes) is 1. The predicted octanol–water partition coefficient (Wildman–Crippen LogP) is -4.02. The maximum Gasteiger partial charge on any atom is 0.321 e. The minimum absolute atomic E-state index is 0.0129. The maximum atomic E-state index is 10.6. The number of rotatable bonds is 31. The third kappa shape index (κ3) is 60.2. The number of guanidine groups is 2. The number of primary amides is 1. The first-order chi connectivity index (χ1) is 39.6. The number of nitrogens with one attached hydrogen (secondary N) is 1. The van der Waals surface area contributed by atoms with Crippen LogP contribution in [-0.2, 0) is 54.4 Å². The van der Waals surface area contributed by atoms with Gasteiger partial charge in [-0.05, 0) is 87.8 Å². The zero-order chi connectivity index (χ0) is 68.4. The lowest BCUT2D eigenvalue weighted by molar-refractivity contribution is -0.141. The van der Waals surface area contributed by atoms with Crippen molar-refractivity contribution < 1.29 is 93.9 Å². The lowest BCUT2D eigenvalue weighted by Gasteiger charge is -2.07. The molecule has 0 saturated carbocycles. The number of aromatic nitrogens is 1. The molecule has 496 valence electrons. The molecule has 8 atom stereocenters. The number of carbonyl (C=O) groups is 10. The zero-order valence-electron chi connectivity index (χ0n) is 49.1. The summed E-state index contributed by atoms with van der Waals surface area (Å²) >= 11 is 0. The second kappa shape index (κ2) is 53.4. The highest BCUT2D eigenvalue weighted by atomic mass is 16.4. The average molecular weight is 1240 g/mol. The highest BCUT2D eigenvalue weighted by molar-refractivity contribution is 5.85. The van der Waals surface area contributed by atoms with Gasteiger partial charge < -0.3 is 131 Å². The van der Waals surface area contributed by atoms with Gasteiger partial charge in [-0.3, -0.25) is 57.9 Å². The smallest absolute Gasteiger partial charge is 0.321 e. The number of fused-ring (bicyclic) bond motifs is 1. The van der Waals surface area contributed by atoms with Crippen molar-refractivity contribution in [3.05, 3.63) is 36.0 Å². The summed E-state index contributed by atoms with van der Waals surface area (Å²) in [4.78, 5) is 112. The number of H-pyrrole nitrogens is 1. The third-order valence-electron chi connectivity index (χ3n) is 10.1. The summed E-state index contributed by atoms with van der Waals surface area (Å²) in [5.74, 6) is -9.11. The van der Waals surface area contributed by atoms with E-state index >= 15 is 0 Å². The molecule has 8 unspecified atom stereocenters. The van der Waals surface area contributed by atoms with Crippen molar-refractivity contribution in [1.29, 1.82) is 0 Å². The number of aromatic amines is 1. The molecule has 0 spiro atoms. The summed E-state index contributed by atoms with van der Waals surface area (Å²) in [5, 5.41) is 75.8. The second-order valence-electron chi connectivity index (χ2n) is 19.2. The zero-order valence-corrected chi connectivity index (χ0v) is 49.1. The minimum atomic E-state index is -1.21. The van der Waals surface area contributed by atoms with Crippen LogP contribution in [0.25, 0.3) is 10.9 Å². The Morgan fingerprint density at radius 3 is 1.07 bits per heavy atom. The number of hydrogen-bond donors (Lipinski definition) is 24. The van der Waals surface area contributed by atoms with Crippen LogP contribution in [0.1, 0.15) is 110 Å². The second-order valence-corrected chi connectivity index (χ2v) is 19.2. The highest BCUT2D eigenvalue weighted by Crippen LogP contribution is 2.18. The highest BCUT2D eigenvalue weighted by Gasteiger charge is 2.17. The first-order valence-electron chi connectivity index (χ1n) is 26.3. The van der Waals surface area contributed by atoms with Gasteiger partial charge in [0.05, 0.1) is 6.42 Å². The van der Waals surface area contributed by atoms with Crippen LogP contribution >= 0.6 is 0 Å². The van der Waals surface area contributed by atoms with E-state index in [9.17, 15) is 47.9 Å². The lowest BCUT2D eigenvalue weighted by atomic mass is 10.1. The molecule has 36 heteroatoms. The number of nitrogens with two attached hydrogens (primary N) is 14. The summed E-state index contributed by atoms with van der Waals surface area (Å²) in [5.41, 5.74) is 73.5. The number of aliphatic imine (C=N–C) groups is 2. The molecule has 0 bridgehead atoms. The molecule has 2 rings (SSSR count). The van der Waals surface area contributed by atoms with Crippen LogP contribution in [0.4, 0.5) is 0 Å². The van der Waals surface area contributed by atoms with E-state index < -0.39 is 108 Å². The van der Waals surface area contributed by atoms with Gasteiger partial charge in [-0.15, -0.1) is 0 Å². The van der Waals surface area contributed by atoms with Crippen LogP contribution in [0.15, 0.2) is 40.4 Å². The van der Waals surface area contributed by atoms with Crippen LogP contribution in [0.5, 0.6) is 0 Å². The summed E-state index contributed by atoms with van der Waals surface area (Å²) < 4.78 is 0. The lowest BCUT2D eigenvalue weighted by Crippen LogP contribution is -2.34. The molecule has 0 fully saturated rings. The summed E-state index contributed by atoms with van der Waals surface area (Å²) in [6, 6.07) is 0.954. The van der Waals surface area contributed by atoms with Crippen LogP contribution in [0, 0.1) is 11.8 Å². The Morgan fingerprint density at radius 2 is 0.791 bits per heavy atom. The van der Waals surface area contributed by atoms with Crippen LogP contribution in [0.2, 0.25) is 0 Å². The van der Waals surface area contributed by atoms with E-state index in [4.69, 9.17) is 120 Å². The molecule has 0 saturated heterocycles. The SMILES string of the molecule is CC(C)CC(N)C(=O)O.CC(C)CC(N)C(=O)O.NC(=O)CC(N)C(=O)O.NC(CCC(=O)O)C(=O)O.NC(Cc1c[nH]c2ccccc12)C(=O)O.NC(N)=NCCCC(N)C(=O)O.NC(N)=NCCCC(N)C(=O)O.NCCCCC(N)C(=O)O. The molecular formula is C50H97N17O19. The maximum absolute atomic E-state index is 10.6. The van der Waals surface area contributed by atoms with Gasteiger partial charge in [0, 0.05) is 43.0 Å². The summed E-state index contributed by atoms with van der Waals surface area (Å²) in [7, 11) is 0. The van der Waals surface area contributed by atoms with E-state index in [1.165, 1.54) is 0 Å². The molecule has 1 heterocycles. The van der Waals surface area contributed by atoms with Gasteiger partial charge in [-0.25, -0.2) is 0 Å². The Labute approximate surface area is 497 Å². The Kier molecular flexibility index (Phi) is 55.1. The summed E-state index contributed by atoms with van der Waals surface area (Å²) in [6.45, 7) is 9.23. The van der Waals surface area contributed by atoms with E-state index in [0.717, 1.165) is 29.3 Å². The summed E-state index contributed by atoms with van der Waals surface area (Å²) in [6.07, 6.45) is 6.80. The molecular weight excluding hydrogens is 1140 g/mol. The molecule has 0 radical (unpaired) electrons. The van der Waals surface area contributed by atoms with Gasteiger partial charge in [0.2, 0.25) is 5.91 Å². The predicted molar refractivity (Wildman–Crippen MR) is 319 cm³/mol. The van der Waals surface area contributed by atoms with Crippen LogP contribution in [0.3, 0.4) is 0 Å². The number of carboxylic acid groups (broad SMARTS) is 9. The average Bonchev–Trinajstić information content (AvgIpc) is 3.99. The van der Waals surface area contributed by atoms with E-state index in [1.54, 1.807) is 0 Å². The van der Waals surface area contributed by atoms with Crippen molar-refractivity contribution in [1.82, 2.24) is 4.98 Å². The number of aliphatic carboxylic acids is 9. The number of amides is 1. The molecule has 0 aliphatic rings. The van der Waals surface area contributed by atoms with Crippen LogP contribution < -0.4 is 80.3 Å². The number of carboxylic acids is 9. The molecule has 1 aromatic carbocycles. The first-order valence-corrected chi connectivity index (χ1v) is 26.3. The van der Waals surface area contributed by atoms with Crippen LogP contribution in [-0.4, -0.2) is 190 Å². The van der Waals surface area contributed by atoms with Crippen molar-refractivity contribution in [2.24, 2.45) is 102 Å². The molecule has 0 aliphatic heterocycles. The molecule has 1 amide bonds. The number of para-hydroxylation sites is 1. The topological polar surface area (TPSA) is 758 Å². The molecule has 0 aliphatic carbocycles. The molecule has 38 N–H and O–H groups in total. The van der Waals surface area contributed by atoms with Gasteiger partial charge in [-0.2, -0.15) is 0 Å². The quantitative estimate of drug-likeness (QED) is 0.0194.